The molecule has 0 fully saturated rings. The lowest BCUT2D eigenvalue weighted by Crippen LogP contribution is -2.38. The van der Waals surface area contributed by atoms with Crippen molar-refractivity contribution in [3.63, 3.8) is 0 Å². The predicted octanol–water partition coefficient (Wildman–Crippen LogP) is 5.20. The highest BCUT2D eigenvalue weighted by Crippen LogP contribution is 2.22. The first-order valence-corrected chi connectivity index (χ1v) is 13.7. The molecular formula is C31H34ClN7O. The zero-order chi connectivity index (χ0) is 28.3. The summed E-state index contributed by atoms with van der Waals surface area (Å²) in [5.41, 5.74) is 23.3. The van der Waals surface area contributed by atoms with Crippen molar-refractivity contribution < 1.29 is 4.79 Å². The first-order chi connectivity index (χ1) is 19.4. The minimum Gasteiger partial charge on any atom is -0.382 e. The van der Waals surface area contributed by atoms with Crippen LogP contribution in [0, 0.1) is 0 Å². The number of unbranched alkanes of at least 4 members (excludes halogenated alkanes) is 1. The first kappa shape index (κ1) is 28.6. The molecule has 7 N–H and O–H groups in total. The largest absolute Gasteiger partial charge is 0.382 e. The third-order valence-electron chi connectivity index (χ3n) is 6.53. The van der Waals surface area contributed by atoms with E-state index in [4.69, 9.17) is 28.8 Å². The van der Waals surface area contributed by atoms with Crippen LogP contribution in [0.2, 0.25) is 5.15 Å². The molecule has 0 bridgehead atoms. The molecule has 0 spiro atoms. The number of aryl methyl sites for hydroxylation is 3. The van der Waals surface area contributed by atoms with Gasteiger partial charge in [-0.1, -0.05) is 90.5 Å². The third kappa shape index (κ3) is 8.28. The number of rotatable bonds is 11. The van der Waals surface area contributed by atoms with E-state index in [-0.39, 0.29) is 28.4 Å². The van der Waals surface area contributed by atoms with Crippen molar-refractivity contribution in [2.45, 2.75) is 38.5 Å². The smallest absolute Gasteiger partial charge is 0.280 e. The number of guanidine groups is 1. The van der Waals surface area contributed by atoms with Crippen molar-refractivity contribution in [2.75, 3.05) is 18.0 Å². The van der Waals surface area contributed by atoms with Crippen molar-refractivity contribution in [3.8, 4) is 11.1 Å². The number of nitrogen functional groups attached to an aromatic ring is 2. The van der Waals surface area contributed by atoms with Crippen molar-refractivity contribution in [2.24, 2.45) is 10.7 Å². The van der Waals surface area contributed by atoms with Crippen molar-refractivity contribution in [1.29, 1.82) is 0 Å². The molecular weight excluding hydrogens is 522 g/mol. The van der Waals surface area contributed by atoms with Gasteiger partial charge in [0.25, 0.3) is 5.91 Å². The molecule has 0 radical (unpaired) electrons. The molecule has 1 amide bonds. The van der Waals surface area contributed by atoms with E-state index < -0.39 is 5.91 Å². The molecule has 40 heavy (non-hydrogen) atoms. The zero-order valence-corrected chi connectivity index (χ0v) is 23.1. The lowest BCUT2D eigenvalue weighted by Gasteiger charge is -2.08. The number of benzene rings is 3. The van der Waals surface area contributed by atoms with Crippen LogP contribution < -0.4 is 22.5 Å². The predicted molar refractivity (Wildman–Crippen MR) is 163 cm³/mol. The number of aromatic nitrogens is 2. The van der Waals surface area contributed by atoms with Gasteiger partial charge in [-0.15, -0.1) is 0 Å². The van der Waals surface area contributed by atoms with E-state index in [0.717, 1.165) is 38.5 Å². The highest BCUT2D eigenvalue weighted by Gasteiger charge is 2.16. The van der Waals surface area contributed by atoms with E-state index in [2.05, 4.69) is 99.1 Å². The molecule has 0 aliphatic carbocycles. The summed E-state index contributed by atoms with van der Waals surface area (Å²) in [5, 5.41) is 2.34. The van der Waals surface area contributed by atoms with Gasteiger partial charge in [-0.25, -0.2) is 9.97 Å². The summed E-state index contributed by atoms with van der Waals surface area (Å²) in [7, 11) is 0. The second-order valence-electron chi connectivity index (χ2n) is 9.54. The van der Waals surface area contributed by atoms with Gasteiger partial charge in [0.2, 0.25) is 0 Å². The Kier molecular flexibility index (Phi) is 10.1. The highest BCUT2D eigenvalue weighted by atomic mass is 35.5. The molecule has 1 aromatic heterocycles. The van der Waals surface area contributed by atoms with Crippen LogP contribution in [0.4, 0.5) is 11.6 Å². The molecule has 4 rings (SSSR count). The Morgan fingerprint density at radius 3 is 1.88 bits per heavy atom. The summed E-state index contributed by atoms with van der Waals surface area (Å²) in [5.74, 6) is -0.854. The van der Waals surface area contributed by atoms with E-state index >= 15 is 0 Å². The fourth-order valence-electron chi connectivity index (χ4n) is 4.33. The van der Waals surface area contributed by atoms with Gasteiger partial charge in [-0.2, -0.15) is 0 Å². The maximum atomic E-state index is 12.3. The van der Waals surface area contributed by atoms with Gasteiger partial charge in [0.1, 0.15) is 0 Å². The summed E-state index contributed by atoms with van der Waals surface area (Å²) in [6, 6.07) is 28.2. The van der Waals surface area contributed by atoms with Crippen LogP contribution >= 0.6 is 11.6 Å². The van der Waals surface area contributed by atoms with Crippen LogP contribution in [0.25, 0.3) is 11.1 Å². The Hall–Kier alpha value is -4.43. The van der Waals surface area contributed by atoms with Gasteiger partial charge in [-0.3, -0.25) is 15.1 Å². The monoisotopic (exact) mass is 555 g/mol. The molecule has 1 heterocycles. The number of amides is 1. The lowest BCUT2D eigenvalue weighted by atomic mass is 9.99. The number of nitrogens with zero attached hydrogens (tertiary/aromatic N) is 3. The third-order valence-corrected chi connectivity index (χ3v) is 6.81. The van der Waals surface area contributed by atoms with Gasteiger partial charge in [0.05, 0.1) is 0 Å². The summed E-state index contributed by atoms with van der Waals surface area (Å²) in [6.07, 6.45) is 6.02. The standard InChI is InChI=1S/C31H34ClN7O/c32-27-29(34)38-28(33)26(37-27)30(40)39-31(35)36-20-5-4-9-22-12-16-24(17-13-22)25-18-14-23(15-19-25)11-6-10-21-7-2-1-3-8-21/h1-3,7-8,12-19H,4-6,9-11,20H2,(H4,33,34,38)(H3,35,36,39,40). The summed E-state index contributed by atoms with van der Waals surface area (Å²) < 4.78 is 0. The minimum absolute atomic E-state index is 0.0225. The van der Waals surface area contributed by atoms with Crippen LogP contribution in [0.1, 0.15) is 46.4 Å². The van der Waals surface area contributed by atoms with E-state index in [1.807, 2.05) is 0 Å². The second kappa shape index (κ2) is 14.1. The van der Waals surface area contributed by atoms with E-state index in [1.54, 1.807) is 0 Å². The number of halogens is 1. The number of aliphatic imine (C=N–C) groups is 1. The fraction of sp³-hybridized carbons (Fsp3) is 0.226. The van der Waals surface area contributed by atoms with Crippen LogP contribution in [0.15, 0.2) is 83.9 Å². The van der Waals surface area contributed by atoms with E-state index in [1.165, 1.54) is 27.8 Å². The molecule has 0 saturated heterocycles. The average Bonchev–Trinajstić information content (AvgIpc) is 2.96. The normalized spacial score (nSPS) is 11.4. The van der Waals surface area contributed by atoms with Gasteiger partial charge in [0.15, 0.2) is 28.4 Å². The molecule has 0 aliphatic rings. The molecule has 0 atom stereocenters. The number of nitrogens with two attached hydrogens (primary N) is 3. The minimum atomic E-state index is -0.647. The fourth-order valence-corrected chi connectivity index (χ4v) is 4.46. The van der Waals surface area contributed by atoms with Crippen LogP contribution in [0.5, 0.6) is 0 Å². The number of hydrogen-bond acceptors (Lipinski definition) is 6. The number of nitrogens with one attached hydrogen (secondary N) is 1. The van der Waals surface area contributed by atoms with Crippen molar-refractivity contribution >= 4 is 35.1 Å². The Labute approximate surface area is 239 Å². The molecule has 0 aliphatic heterocycles. The van der Waals surface area contributed by atoms with Crippen LogP contribution in [0.3, 0.4) is 0 Å². The van der Waals surface area contributed by atoms with E-state index in [0.29, 0.717) is 6.54 Å². The average molecular weight is 556 g/mol. The highest BCUT2D eigenvalue weighted by molar-refractivity contribution is 6.31. The Morgan fingerprint density at radius 1 is 0.725 bits per heavy atom. The van der Waals surface area contributed by atoms with E-state index in [9.17, 15) is 4.79 Å². The number of anilines is 2. The summed E-state index contributed by atoms with van der Waals surface area (Å²) in [6.45, 7) is 0.478. The summed E-state index contributed by atoms with van der Waals surface area (Å²) >= 11 is 5.82. The SMILES string of the molecule is NC(=NCCCCc1ccc(-c2ccc(CCCc3ccccc3)cc2)cc1)NC(=O)c1nc(Cl)c(N)nc1N. The molecule has 9 heteroatoms. The maximum Gasteiger partial charge on any atom is 0.280 e. The number of carbonyl (C=O) groups is 1. The Balaban J connectivity index is 1.17. The topological polar surface area (TPSA) is 145 Å². The molecule has 0 unspecified atom stereocenters. The van der Waals surface area contributed by atoms with Gasteiger partial charge >= 0.3 is 0 Å². The van der Waals surface area contributed by atoms with Crippen LogP contribution in [-0.4, -0.2) is 28.4 Å². The van der Waals surface area contributed by atoms with Crippen LogP contribution in [-0.2, 0) is 19.3 Å². The Bertz CT molecular complexity index is 1440. The number of carbonyl (C=O) groups excluding carboxylic acids is 1. The molecule has 0 saturated carbocycles. The van der Waals surface area contributed by atoms with Crippen molar-refractivity contribution in [1.82, 2.24) is 15.3 Å². The van der Waals surface area contributed by atoms with Gasteiger partial charge < -0.3 is 17.2 Å². The maximum absolute atomic E-state index is 12.3. The lowest BCUT2D eigenvalue weighted by molar-refractivity contribution is 0.0972. The van der Waals surface area contributed by atoms with Crippen molar-refractivity contribution in [3.05, 3.63) is 106 Å². The quantitative estimate of drug-likeness (QED) is 0.114. The molecule has 3 aromatic carbocycles. The first-order valence-electron chi connectivity index (χ1n) is 13.3. The van der Waals surface area contributed by atoms with Gasteiger partial charge in [0, 0.05) is 6.54 Å². The second-order valence-corrected chi connectivity index (χ2v) is 9.90. The number of hydrogen-bond donors (Lipinski definition) is 4. The summed E-state index contributed by atoms with van der Waals surface area (Å²) in [4.78, 5) is 24.1. The zero-order valence-electron chi connectivity index (χ0n) is 22.3. The molecule has 206 valence electrons. The molecule has 4 aromatic rings. The van der Waals surface area contributed by atoms with Gasteiger partial charge in [-0.05, 0) is 66.3 Å². The Morgan fingerprint density at radius 2 is 1.27 bits per heavy atom. The molecule has 8 nitrogen and oxygen atoms in total.